The number of nitrogens with zero attached hydrogens (tertiary/aromatic N) is 2. The monoisotopic (exact) mass is 362 g/mol. The first-order valence-corrected chi connectivity index (χ1v) is 9.55. The normalized spacial score (nSPS) is 23.8. The molecule has 0 unspecified atom stereocenters. The fourth-order valence-corrected chi connectivity index (χ4v) is 3.66. The van der Waals surface area contributed by atoms with E-state index >= 15 is 0 Å². The molecule has 0 spiro atoms. The second kappa shape index (κ2) is 7.78. The van der Waals surface area contributed by atoms with Crippen molar-refractivity contribution in [3.05, 3.63) is 18.4 Å². The van der Waals surface area contributed by atoms with Crippen molar-refractivity contribution in [1.82, 2.24) is 20.5 Å². The van der Waals surface area contributed by atoms with E-state index in [4.69, 9.17) is 4.42 Å². The van der Waals surface area contributed by atoms with Crippen molar-refractivity contribution in [2.24, 2.45) is 5.92 Å². The molecule has 1 aliphatic heterocycles. The van der Waals surface area contributed by atoms with Gasteiger partial charge >= 0.3 is 0 Å². The number of rotatable bonds is 7. The second-order valence-electron chi connectivity index (χ2n) is 8.60. The molecule has 1 saturated heterocycles. The van der Waals surface area contributed by atoms with E-state index in [0.717, 1.165) is 25.3 Å². The lowest BCUT2D eigenvalue weighted by molar-refractivity contribution is -0.123. The van der Waals surface area contributed by atoms with Crippen LogP contribution >= 0.6 is 0 Å². The number of nitrogens with one attached hydrogen (secondary N) is 2. The van der Waals surface area contributed by atoms with E-state index in [1.807, 2.05) is 20.8 Å². The highest BCUT2D eigenvalue weighted by atomic mass is 16.3. The maximum absolute atomic E-state index is 12.4. The molecule has 2 aliphatic rings. The Bertz CT molecular complexity index is 619. The van der Waals surface area contributed by atoms with Gasteiger partial charge in [0.2, 0.25) is 11.7 Å². The molecule has 1 saturated carbocycles. The lowest BCUT2D eigenvalue weighted by atomic mass is 10.1. The highest BCUT2D eigenvalue weighted by molar-refractivity contribution is 5.91. The van der Waals surface area contributed by atoms with Gasteiger partial charge in [-0.3, -0.25) is 14.5 Å². The fraction of sp³-hybridized carbons (Fsp3) is 0.737. The van der Waals surface area contributed by atoms with Crippen LogP contribution in [0.25, 0.3) is 0 Å². The fourth-order valence-electron chi connectivity index (χ4n) is 3.66. The first-order valence-electron chi connectivity index (χ1n) is 9.55. The zero-order valence-corrected chi connectivity index (χ0v) is 16.0. The highest BCUT2D eigenvalue weighted by Crippen LogP contribution is 2.35. The van der Waals surface area contributed by atoms with Gasteiger partial charge in [-0.2, -0.15) is 0 Å². The molecule has 7 nitrogen and oxygen atoms in total. The van der Waals surface area contributed by atoms with Gasteiger partial charge in [0.15, 0.2) is 6.39 Å². The van der Waals surface area contributed by atoms with Gasteiger partial charge < -0.3 is 15.1 Å². The summed E-state index contributed by atoms with van der Waals surface area (Å²) in [5.74, 6) is 0.851. The Morgan fingerprint density at radius 2 is 1.96 bits per heavy atom. The van der Waals surface area contributed by atoms with Crippen LogP contribution < -0.4 is 10.6 Å². The Labute approximate surface area is 154 Å². The maximum atomic E-state index is 12.4. The molecule has 2 atom stereocenters. The smallest absolute Gasteiger partial charge is 0.288 e. The molecule has 2 fully saturated rings. The predicted octanol–water partition coefficient (Wildman–Crippen LogP) is 1.95. The van der Waals surface area contributed by atoms with E-state index < -0.39 is 0 Å². The second-order valence-corrected chi connectivity index (χ2v) is 8.60. The van der Waals surface area contributed by atoms with Gasteiger partial charge in [-0.05, 0) is 52.4 Å². The molecule has 0 radical (unpaired) electrons. The first kappa shape index (κ1) is 18.9. The van der Waals surface area contributed by atoms with Crippen molar-refractivity contribution in [1.29, 1.82) is 0 Å². The summed E-state index contributed by atoms with van der Waals surface area (Å²) in [6, 6.07) is 0.528. The lowest BCUT2D eigenvalue weighted by Crippen LogP contribution is -2.47. The van der Waals surface area contributed by atoms with E-state index in [1.54, 1.807) is 0 Å². The minimum absolute atomic E-state index is 0.106. The van der Waals surface area contributed by atoms with Gasteiger partial charge in [-0.15, -0.1) is 0 Å². The molecular formula is C19H30N4O3. The number of hydrogen-bond acceptors (Lipinski definition) is 5. The standard InChI is InChI=1S/C19H30N4O3/c1-19(2,3)22-17(24)8-14-6-7-15(23(14)11-13-4-5-13)9-21-18(25)16-10-20-12-26-16/h10,12-15H,4-9,11H2,1-3H3,(H,21,25)(H,22,24)/t14-,15+/m1/s1. The topological polar surface area (TPSA) is 87.5 Å². The molecule has 1 aromatic rings. The van der Waals surface area contributed by atoms with Crippen molar-refractivity contribution in [3.63, 3.8) is 0 Å². The summed E-state index contributed by atoms with van der Waals surface area (Å²) in [7, 11) is 0. The summed E-state index contributed by atoms with van der Waals surface area (Å²) >= 11 is 0. The third-order valence-electron chi connectivity index (χ3n) is 5.03. The SMILES string of the molecule is CC(C)(C)NC(=O)C[C@H]1CC[C@@H](CNC(=O)c2cnco2)N1CC1CC1. The van der Waals surface area contributed by atoms with Crippen molar-refractivity contribution in [2.45, 2.75) is 70.5 Å². The van der Waals surface area contributed by atoms with Crippen molar-refractivity contribution < 1.29 is 14.0 Å². The Kier molecular flexibility index (Phi) is 5.65. The molecule has 2 amide bonds. The Hall–Kier alpha value is -1.89. The number of hydrogen-bond donors (Lipinski definition) is 2. The quantitative estimate of drug-likeness (QED) is 0.774. The van der Waals surface area contributed by atoms with Crippen LogP contribution in [0.15, 0.2) is 17.0 Å². The van der Waals surface area contributed by atoms with Gasteiger partial charge in [0.1, 0.15) is 0 Å². The van der Waals surface area contributed by atoms with E-state index in [-0.39, 0.29) is 35.2 Å². The van der Waals surface area contributed by atoms with Gasteiger partial charge in [-0.25, -0.2) is 4.98 Å². The van der Waals surface area contributed by atoms with Gasteiger partial charge in [0.25, 0.3) is 5.91 Å². The number of carbonyl (C=O) groups is 2. The summed E-state index contributed by atoms with van der Waals surface area (Å²) in [5.41, 5.74) is -0.207. The molecule has 144 valence electrons. The van der Waals surface area contributed by atoms with Crippen LogP contribution in [0.3, 0.4) is 0 Å². The first-order chi connectivity index (χ1) is 12.3. The number of carbonyl (C=O) groups excluding carboxylic acids is 2. The van der Waals surface area contributed by atoms with E-state index in [0.29, 0.717) is 13.0 Å². The Morgan fingerprint density at radius 1 is 1.23 bits per heavy atom. The van der Waals surface area contributed by atoms with Crippen LogP contribution in [-0.2, 0) is 4.79 Å². The number of likely N-dealkylation sites (tertiary alicyclic amines) is 1. The van der Waals surface area contributed by atoms with Gasteiger partial charge in [0.05, 0.1) is 6.20 Å². The predicted molar refractivity (Wildman–Crippen MR) is 97.6 cm³/mol. The van der Waals surface area contributed by atoms with Crippen molar-refractivity contribution >= 4 is 11.8 Å². The average molecular weight is 362 g/mol. The van der Waals surface area contributed by atoms with Gasteiger partial charge in [0, 0.05) is 37.1 Å². The largest absolute Gasteiger partial charge is 0.438 e. The van der Waals surface area contributed by atoms with Gasteiger partial charge in [-0.1, -0.05) is 0 Å². The lowest BCUT2D eigenvalue weighted by Gasteiger charge is -2.31. The molecule has 0 aromatic carbocycles. The average Bonchev–Trinajstić information content (AvgIpc) is 3.05. The summed E-state index contributed by atoms with van der Waals surface area (Å²) in [5, 5.41) is 6.01. The van der Waals surface area contributed by atoms with Crippen LogP contribution in [0, 0.1) is 5.92 Å². The number of aromatic nitrogens is 1. The van der Waals surface area contributed by atoms with E-state index in [9.17, 15) is 9.59 Å². The molecular weight excluding hydrogens is 332 g/mol. The summed E-state index contributed by atoms with van der Waals surface area (Å²) in [6.45, 7) is 7.61. The molecule has 2 heterocycles. The number of oxazole rings is 1. The third kappa shape index (κ3) is 5.30. The van der Waals surface area contributed by atoms with Crippen LogP contribution in [0.1, 0.15) is 63.4 Å². The molecule has 1 aliphatic carbocycles. The molecule has 7 heteroatoms. The molecule has 0 bridgehead atoms. The minimum Gasteiger partial charge on any atom is -0.438 e. The minimum atomic E-state index is -0.234. The Balaban J connectivity index is 1.55. The zero-order chi connectivity index (χ0) is 18.7. The third-order valence-corrected chi connectivity index (χ3v) is 5.03. The maximum Gasteiger partial charge on any atom is 0.288 e. The molecule has 2 N–H and O–H groups in total. The van der Waals surface area contributed by atoms with Crippen LogP contribution in [-0.4, -0.2) is 52.4 Å². The van der Waals surface area contributed by atoms with E-state index in [2.05, 4.69) is 20.5 Å². The molecule has 1 aromatic heterocycles. The zero-order valence-electron chi connectivity index (χ0n) is 16.0. The van der Waals surface area contributed by atoms with Crippen molar-refractivity contribution in [2.75, 3.05) is 13.1 Å². The summed E-state index contributed by atoms with van der Waals surface area (Å²) in [6.07, 6.45) is 7.74. The van der Waals surface area contributed by atoms with Crippen LogP contribution in [0.4, 0.5) is 0 Å². The summed E-state index contributed by atoms with van der Waals surface area (Å²) < 4.78 is 5.04. The van der Waals surface area contributed by atoms with E-state index in [1.165, 1.54) is 25.4 Å². The Morgan fingerprint density at radius 3 is 2.58 bits per heavy atom. The summed E-state index contributed by atoms with van der Waals surface area (Å²) in [4.78, 5) is 30.7. The number of amides is 2. The highest BCUT2D eigenvalue weighted by Gasteiger charge is 2.38. The van der Waals surface area contributed by atoms with Crippen LogP contribution in [0.5, 0.6) is 0 Å². The molecule has 3 rings (SSSR count). The molecule has 26 heavy (non-hydrogen) atoms. The van der Waals surface area contributed by atoms with Crippen molar-refractivity contribution in [3.8, 4) is 0 Å². The van der Waals surface area contributed by atoms with Crippen LogP contribution in [0.2, 0.25) is 0 Å².